The highest BCUT2D eigenvalue weighted by Gasteiger charge is 2.16. The van der Waals surface area contributed by atoms with Crippen molar-refractivity contribution in [3.8, 4) is 22.5 Å². The van der Waals surface area contributed by atoms with Gasteiger partial charge in [-0.15, -0.1) is 10.2 Å². The van der Waals surface area contributed by atoms with Crippen LogP contribution in [0.15, 0.2) is 76.0 Å². The minimum atomic E-state index is -0.900. The molecule has 0 amide bonds. The van der Waals surface area contributed by atoms with Gasteiger partial charge in [-0.1, -0.05) is 54.2 Å². The summed E-state index contributed by atoms with van der Waals surface area (Å²) in [7, 11) is 0. The Kier molecular flexibility index (Phi) is 5.05. The molecule has 0 radical (unpaired) electrons. The maximum atomic E-state index is 10.8. The van der Waals surface area contributed by atoms with E-state index in [-0.39, 0.29) is 11.7 Å². The van der Waals surface area contributed by atoms with Crippen LogP contribution in [0.5, 0.6) is 0 Å². The van der Waals surface area contributed by atoms with Gasteiger partial charge in [-0.25, -0.2) is 0 Å². The highest BCUT2D eigenvalue weighted by molar-refractivity contribution is 7.99. The molecular weight excluding hydrogens is 410 g/mol. The van der Waals surface area contributed by atoms with Crippen LogP contribution in [0.2, 0.25) is 0 Å². The summed E-state index contributed by atoms with van der Waals surface area (Å²) in [6, 6.07) is 20.9. The van der Waals surface area contributed by atoms with Crippen molar-refractivity contribution in [2.24, 2.45) is 10.2 Å². The summed E-state index contributed by atoms with van der Waals surface area (Å²) in [6.07, 6.45) is 3.61. The fourth-order valence-corrected chi connectivity index (χ4v) is 4.05. The van der Waals surface area contributed by atoms with Crippen molar-refractivity contribution in [2.45, 2.75) is 11.1 Å². The average molecular weight is 427 g/mol. The van der Waals surface area contributed by atoms with Gasteiger partial charge in [0, 0.05) is 18.0 Å². The Morgan fingerprint density at radius 1 is 0.903 bits per heavy atom. The van der Waals surface area contributed by atoms with Gasteiger partial charge in [0.05, 0.1) is 11.7 Å². The number of benzene rings is 3. The van der Waals surface area contributed by atoms with Crippen LogP contribution in [-0.4, -0.2) is 44.4 Å². The van der Waals surface area contributed by atoms with Gasteiger partial charge in [-0.2, -0.15) is 10.2 Å². The van der Waals surface area contributed by atoms with E-state index in [1.54, 1.807) is 12.4 Å². The molecule has 0 aliphatic carbocycles. The topological polar surface area (TPSA) is 104 Å². The summed E-state index contributed by atoms with van der Waals surface area (Å²) in [5, 5.41) is 28.0. The zero-order valence-corrected chi connectivity index (χ0v) is 17.1. The Morgan fingerprint density at radius 3 is 2.48 bits per heavy atom. The fourth-order valence-electron chi connectivity index (χ4n) is 3.52. The summed E-state index contributed by atoms with van der Waals surface area (Å²) < 4.78 is 0. The number of aromatic amines is 1. The molecule has 152 valence electrons. The summed E-state index contributed by atoms with van der Waals surface area (Å²) in [6.45, 7) is 0. The number of carbonyl (C=O) groups is 1. The van der Waals surface area contributed by atoms with Crippen molar-refractivity contribution in [2.75, 3.05) is 5.75 Å². The second-order valence-electron chi connectivity index (χ2n) is 7.12. The second-order valence-corrected chi connectivity index (χ2v) is 8.09. The third-order valence-electron chi connectivity index (χ3n) is 5.02. The van der Waals surface area contributed by atoms with Crippen molar-refractivity contribution in [3.05, 3.63) is 66.2 Å². The number of aromatic nitrogens is 3. The Balaban J connectivity index is 1.58. The zero-order valence-electron chi connectivity index (χ0n) is 16.3. The van der Waals surface area contributed by atoms with Crippen molar-refractivity contribution in [3.63, 3.8) is 0 Å². The molecule has 0 unspecified atom stereocenters. The maximum Gasteiger partial charge on any atom is 0.313 e. The molecular formula is C23H17N5O2S. The van der Waals surface area contributed by atoms with Crippen molar-refractivity contribution in [1.29, 1.82) is 0 Å². The van der Waals surface area contributed by atoms with E-state index < -0.39 is 5.97 Å². The average Bonchev–Trinajstić information content (AvgIpc) is 3.49. The Hall–Kier alpha value is -3.78. The maximum absolute atomic E-state index is 10.8. The van der Waals surface area contributed by atoms with Crippen LogP contribution in [0.3, 0.4) is 0 Å². The first kappa shape index (κ1) is 19.2. The fraction of sp³-hybridized carbons (Fsp3) is 0.0870. The number of carboxylic acid groups (broad SMARTS) is 1. The van der Waals surface area contributed by atoms with Crippen molar-refractivity contribution >= 4 is 40.9 Å². The summed E-state index contributed by atoms with van der Waals surface area (Å²) in [4.78, 5) is 13.9. The minimum Gasteiger partial charge on any atom is -0.481 e. The predicted octanol–water partition coefficient (Wildman–Crippen LogP) is 4.62. The zero-order chi connectivity index (χ0) is 21.2. The van der Waals surface area contributed by atoms with Crippen LogP contribution < -0.4 is 0 Å². The Morgan fingerprint density at radius 2 is 1.68 bits per heavy atom. The first-order chi connectivity index (χ1) is 15.2. The lowest BCUT2D eigenvalue weighted by Gasteiger charge is -2.11. The lowest BCUT2D eigenvalue weighted by Crippen LogP contribution is -2.00. The van der Waals surface area contributed by atoms with Gasteiger partial charge < -0.3 is 10.1 Å². The molecule has 0 saturated carbocycles. The monoisotopic (exact) mass is 427 g/mol. The molecule has 1 aliphatic heterocycles. The molecule has 0 bridgehead atoms. The van der Waals surface area contributed by atoms with Gasteiger partial charge in [0.15, 0.2) is 11.0 Å². The van der Waals surface area contributed by atoms with E-state index in [0.717, 1.165) is 34.0 Å². The van der Waals surface area contributed by atoms with Crippen LogP contribution in [0, 0.1) is 0 Å². The molecule has 8 heteroatoms. The molecule has 0 atom stereocenters. The summed E-state index contributed by atoms with van der Waals surface area (Å²) >= 11 is 1.10. The van der Waals surface area contributed by atoms with Crippen LogP contribution in [-0.2, 0) is 4.79 Å². The SMILES string of the molecule is O=C(O)CSc1nnc(-c2cc(-c3ccc4ccccc4c3)cc(C3C=NN=C3)c2)[nH]1. The highest BCUT2D eigenvalue weighted by atomic mass is 32.2. The highest BCUT2D eigenvalue weighted by Crippen LogP contribution is 2.32. The van der Waals surface area contributed by atoms with Gasteiger partial charge in [0.2, 0.25) is 0 Å². The molecule has 1 aromatic heterocycles. The van der Waals surface area contributed by atoms with Gasteiger partial charge in [-0.3, -0.25) is 4.79 Å². The largest absolute Gasteiger partial charge is 0.481 e. The van der Waals surface area contributed by atoms with Crippen molar-refractivity contribution < 1.29 is 9.90 Å². The van der Waals surface area contributed by atoms with Gasteiger partial charge in [0.1, 0.15) is 0 Å². The summed E-state index contributed by atoms with van der Waals surface area (Å²) in [5.41, 5.74) is 4.04. The number of nitrogens with one attached hydrogen (secondary N) is 1. The number of carboxylic acids is 1. The Bertz CT molecular complexity index is 1330. The molecule has 7 nitrogen and oxygen atoms in total. The van der Waals surface area contributed by atoms with E-state index in [9.17, 15) is 4.79 Å². The lowest BCUT2D eigenvalue weighted by atomic mass is 9.93. The van der Waals surface area contributed by atoms with E-state index in [0.29, 0.717) is 11.0 Å². The molecule has 0 saturated heterocycles. The molecule has 31 heavy (non-hydrogen) atoms. The number of nitrogens with zero attached hydrogens (tertiary/aromatic N) is 4. The first-order valence-corrected chi connectivity index (χ1v) is 10.6. The van der Waals surface area contributed by atoms with Crippen molar-refractivity contribution in [1.82, 2.24) is 15.2 Å². The first-order valence-electron chi connectivity index (χ1n) is 9.64. The smallest absolute Gasteiger partial charge is 0.313 e. The number of fused-ring (bicyclic) bond motifs is 1. The Labute approximate surface area is 182 Å². The third-order valence-corrected chi connectivity index (χ3v) is 5.86. The predicted molar refractivity (Wildman–Crippen MR) is 123 cm³/mol. The van der Waals surface area contributed by atoms with Gasteiger partial charge >= 0.3 is 5.97 Å². The van der Waals surface area contributed by atoms with E-state index in [4.69, 9.17) is 5.11 Å². The standard InChI is InChI=1S/C23H17N5O2S/c29-21(30)13-31-23-26-22(27-28-23)19-9-17(8-18(10-19)20-11-24-25-12-20)16-6-5-14-3-1-2-4-15(14)7-16/h1-12,20H,13H2,(H,29,30)(H,26,27,28). The molecule has 2 heterocycles. The van der Waals surface area contributed by atoms with E-state index in [1.165, 1.54) is 10.8 Å². The van der Waals surface area contributed by atoms with Gasteiger partial charge in [-0.05, 0) is 45.7 Å². The molecule has 0 fully saturated rings. The molecule has 3 aromatic carbocycles. The molecule has 5 rings (SSSR count). The molecule has 0 spiro atoms. The number of hydrogen-bond donors (Lipinski definition) is 2. The number of hydrogen-bond acceptors (Lipinski definition) is 6. The minimum absolute atomic E-state index is 0.0112. The number of thioether (sulfide) groups is 1. The van der Waals surface area contributed by atoms with E-state index >= 15 is 0 Å². The van der Waals surface area contributed by atoms with Crippen LogP contribution in [0.25, 0.3) is 33.3 Å². The van der Waals surface area contributed by atoms with Crippen LogP contribution in [0.1, 0.15) is 11.5 Å². The molecule has 4 aromatic rings. The van der Waals surface area contributed by atoms with Crippen LogP contribution >= 0.6 is 11.8 Å². The van der Waals surface area contributed by atoms with Gasteiger partial charge in [0.25, 0.3) is 0 Å². The van der Waals surface area contributed by atoms with Crippen LogP contribution in [0.4, 0.5) is 0 Å². The number of aliphatic carboxylic acids is 1. The molecule has 2 N–H and O–H groups in total. The lowest BCUT2D eigenvalue weighted by molar-refractivity contribution is -0.133. The normalized spacial score (nSPS) is 13.3. The summed E-state index contributed by atoms with van der Waals surface area (Å²) in [5.74, 6) is -0.402. The molecule has 1 aliphatic rings. The number of rotatable bonds is 6. The number of H-pyrrole nitrogens is 1. The van der Waals surface area contributed by atoms with E-state index in [1.807, 2.05) is 18.2 Å². The third kappa shape index (κ3) is 4.10. The quantitative estimate of drug-likeness (QED) is 0.437. The van der Waals surface area contributed by atoms with E-state index in [2.05, 4.69) is 67.8 Å². The second kappa shape index (κ2) is 8.16.